The highest BCUT2D eigenvalue weighted by molar-refractivity contribution is 5.79. The summed E-state index contributed by atoms with van der Waals surface area (Å²) in [6.45, 7) is 8.86. The fourth-order valence-electron chi connectivity index (χ4n) is 3.67. The molecule has 1 heteroatoms. The molecule has 0 N–H and O–H groups in total. The van der Waals surface area contributed by atoms with E-state index in [1.165, 1.54) is 22.3 Å². The normalized spacial score (nSPS) is 13.0. The average molecular weight is 354 g/mol. The van der Waals surface area contributed by atoms with Gasteiger partial charge in [-0.2, -0.15) is 0 Å². The Balaban J connectivity index is 1.84. The van der Waals surface area contributed by atoms with Crippen molar-refractivity contribution in [1.82, 2.24) is 0 Å². The van der Waals surface area contributed by atoms with Crippen LogP contribution in [-0.4, -0.2) is 0 Å². The minimum Gasteiger partial charge on any atom is -0.460 e. The summed E-state index contributed by atoms with van der Waals surface area (Å²) in [4.78, 5) is 0. The van der Waals surface area contributed by atoms with Gasteiger partial charge >= 0.3 is 0 Å². The lowest BCUT2D eigenvalue weighted by Gasteiger charge is -2.21. The summed E-state index contributed by atoms with van der Waals surface area (Å²) in [6.07, 6.45) is 0. The number of hydrogen-bond donors (Lipinski definition) is 0. The van der Waals surface area contributed by atoms with Crippen LogP contribution in [0.4, 0.5) is 0 Å². The van der Waals surface area contributed by atoms with E-state index in [-0.39, 0.29) is 11.3 Å². The van der Waals surface area contributed by atoms with E-state index in [4.69, 9.17) is 4.42 Å². The van der Waals surface area contributed by atoms with Gasteiger partial charge in [-0.05, 0) is 47.2 Å². The van der Waals surface area contributed by atoms with E-state index in [2.05, 4.69) is 107 Å². The van der Waals surface area contributed by atoms with Crippen molar-refractivity contribution in [2.45, 2.75) is 39.0 Å². The largest absolute Gasteiger partial charge is 0.460 e. The topological polar surface area (TPSA) is 13.1 Å². The molecule has 136 valence electrons. The van der Waals surface area contributed by atoms with Crippen molar-refractivity contribution in [2.75, 3.05) is 0 Å². The molecule has 0 aliphatic carbocycles. The van der Waals surface area contributed by atoms with Crippen LogP contribution < -0.4 is 0 Å². The first-order valence-corrected chi connectivity index (χ1v) is 9.57. The Hall–Kier alpha value is -2.80. The molecular weight excluding hydrogens is 328 g/mol. The zero-order valence-corrected chi connectivity index (χ0v) is 16.5. The molecule has 0 amide bonds. The zero-order chi connectivity index (χ0) is 19.0. The molecule has 4 aromatic rings. The van der Waals surface area contributed by atoms with Crippen molar-refractivity contribution < 1.29 is 4.42 Å². The molecule has 0 spiro atoms. The minimum atomic E-state index is 0.0907. The molecule has 1 aromatic heterocycles. The SMILES string of the molecule is Cc1ccc2oc(C(c3ccccc3)c3ccc(C(C)(C)C)cc3)cc2c1. The molecule has 0 aliphatic rings. The zero-order valence-electron chi connectivity index (χ0n) is 16.5. The second-order valence-electron chi connectivity index (χ2n) is 8.41. The highest BCUT2D eigenvalue weighted by Gasteiger charge is 2.22. The number of furan rings is 1. The third-order valence-corrected chi connectivity index (χ3v) is 5.22. The van der Waals surface area contributed by atoms with Crippen LogP contribution >= 0.6 is 0 Å². The van der Waals surface area contributed by atoms with Crippen LogP contribution in [0.3, 0.4) is 0 Å². The lowest BCUT2D eigenvalue weighted by molar-refractivity contribution is 0.541. The molecule has 0 radical (unpaired) electrons. The van der Waals surface area contributed by atoms with Crippen LogP contribution in [-0.2, 0) is 5.41 Å². The molecule has 3 aromatic carbocycles. The summed E-state index contributed by atoms with van der Waals surface area (Å²) in [5.41, 5.74) is 6.20. The van der Waals surface area contributed by atoms with Crippen LogP contribution in [0.2, 0.25) is 0 Å². The third kappa shape index (κ3) is 3.55. The highest BCUT2D eigenvalue weighted by Crippen LogP contribution is 2.36. The van der Waals surface area contributed by atoms with E-state index in [0.29, 0.717) is 0 Å². The molecule has 1 unspecified atom stereocenters. The minimum absolute atomic E-state index is 0.0907. The van der Waals surface area contributed by atoms with Crippen molar-refractivity contribution in [2.24, 2.45) is 0 Å². The average Bonchev–Trinajstić information content (AvgIpc) is 3.05. The summed E-state index contributed by atoms with van der Waals surface area (Å²) in [5.74, 6) is 1.08. The predicted octanol–water partition coefficient (Wildman–Crippen LogP) is 7.22. The molecule has 27 heavy (non-hydrogen) atoms. The van der Waals surface area contributed by atoms with Crippen molar-refractivity contribution in [1.29, 1.82) is 0 Å². The number of fused-ring (bicyclic) bond motifs is 1. The molecule has 0 fully saturated rings. The summed E-state index contributed by atoms with van der Waals surface area (Å²) in [5, 5.41) is 1.16. The molecule has 1 nitrogen and oxygen atoms in total. The van der Waals surface area contributed by atoms with Gasteiger partial charge in [-0.1, -0.05) is 87.0 Å². The maximum atomic E-state index is 6.29. The molecule has 0 bridgehead atoms. The molecule has 4 rings (SSSR count). The maximum Gasteiger partial charge on any atom is 0.134 e. The van der Waals surface area contributed by atoms with Gasteiger partial charge in [0, 0.05) is 5.39 Å². The van der Waals surface area contributed by atoms with E-state index in [1.54, 1.807) is 0 Å². The second kappa shape index (κ2) is 6.74. The summed E-state index contributed by atoms with van der Waals surface area (Å²) in [6, 6.07) is 28.2. The van der Waals surface area contributed by atoms with Gasteiger partial charge in [0.1, 0.15) is 11.3 Å². The van der Waals surface area contributed by atoms with Crippen molar-refractivity contribution in [3.63, 3.8) is 0 Å². The Morgan fingerprint density at radius 2 is 1.41 bits per heavy atom. The number of aryl methyl sites for hydroxylation is 1. The van der Waals surface area contributed by atoms with Gasteiger partial charge in [0.15, 0.2) is 0 Å². The fraction of sp³-hybridized carbons (Fsp3) is 0.231. The Kier molecular flexibility index (Phi) is 4.39. The molecule has 0 saturated heterocycles. The quantitative estimate of drug-likeness (QED) is 0.378. The standard InChI is InChI=1S/C26H26O/c1-18-10-15-23-21(16-18)17-24(27-23)25(19-8-6-5-7-9-19)20-11-13-22(14-12-20)26(2,3)4/h5-17,25H,1-4H3. The summed E-state index contributed by atoms with van der Waals surface area (Å²) >= 11 is 0. The second-order valence-corrected chi connectivity index (χ2v) is 8.41. The molecule has 1 heterocycles. The number of benzene rings is 3. The third-order valence-electron chi connectivity index (χ3n) is 5.22. The van der Waals surface area contributed by atoms with E-state index in [0.717, 1.165) is 16.7 Å². The fourth-order valence-corrected chi connectivity index (χ4v) is 3.67. The van der Waals surface area contributed by atoms with Gasteiger partial charge in [-0.15, -0.1) is 0 Å². The van der Waals surface area contributed by atoms with E-state index in [1.807, 2.05) is 0 Å². The molecule has 1 atom stereocenters. The Labute approximate surface area is 161 Å². The van der Waals surface area contributed by atoms with Crippen molar-refractivity contribution >= 4 is 11.0 Å². The van der Waals surface area contributed by atoms with Crippen LogP contribution in [0.25, 0.3) is 11.0 Å². The van der Waals surface area contributed by atoms with Gasteiger partial charge in [-0.3, -0.25) is 0 Å². The maximum absolute atomic E-state index is 6.29. The number of rotatable bonds is 3. The van der Waals surface area contributed by atoms with Gasteiger partial charge in [0.25, 0.3) is 0 Å². The Bertz CT molecular complexity index is 1050. The smallest absolute Gasteiger partial charge is 0.134 e. The molecule has 0 aliphatic heterocycles. The molecule has 0 saturated carbocycles. The van der Waals surface area contributed by atoms with Gasteiger partial charge in [0.05, 0.1) is 5.92 Å². The highest BCUT2D eigenvalue weighted by atomic mass is 16.3. The lowest BCUT2D eigenvalue weighted by Crippen LogP contribution is -2.11. The first kappa shape index (κ1) is 17.6. The Morgan fingerprint density at radius 3 is 2.07 bits per heavy atom. The van der Waals surface area contributed by atoms with Gasteiger partial charge in [0.2, 0.25) is 0 Å². The van der Waals surface area contributed by atoms with Crippen molar-refractivity contribution in [3.05, 3.63) is 107 Å². The first-order valence-electron chi connectivity index (χ1n) is 9.57. The van der Waals surface area contributed by atoms with Crippen LogP contribution in [0.1, 0.15) is 54.7 Å². The monoisotopic (exact) mass is 354 g/mol. The van der Waals surface area contributed by atoms with Crippen molar-refractivity contribution in [3.8, 4) is 0 Å². The number of hydrogen-bond acceptors (Lipinski definition) is 1. The van der Waals surface area contributed by atoms with Crippen LogP contribution in [0, 0.1) is 6.92 Å². The lowest BCUT2D eigenvalue weighted by atomic mass is 9.83. The first-order chi connectivity index (χ1) is 12.9. The predicted molar refractivity (Wildman–Crippen MR) is 113 cm³/mol. The van der Waals surface area contributed by atoms with Crippen LogP contribution in [0.5, 0.6) is 0 Å². The summed E-state index contributed by atoms with van der Waals surface area (Å²) < 4.78 is 6.29. The van der Waals surface area contributed by atoms with E-state index in [9.17, 15) is 0 Å². The van der Waals surface area contributed by atoms with E-state index >= 15 is 0 Å². The summed E-state index contributed by atoms with van der Waals surface area (Å²) in [7, 11) is 0. The molecular formula is C26H26O. The van der Waals surface area contributed by atoms with E-state index < -0.39 is 0 Å². The van der Waals surface area contributed by atoms with Gasteiger partial charge in [-0.25, -0.2) is 0 Å². The van der Waals surface area contributed by atoms with Gasteiger partial charge < -0.3 is 4.42 Å². The Morgan fingerprint density at radius 1 is 0.741 bits per heavy atom. The van der Waals surface area contributed by atoms with Crippen LogP contribution in [0.15, 0.2) is 83.3 Å².